The Hall–Kier alpha value is -2.48. The number of thiophene rings is 1. The SMILES string of the molecule is Cc1ccc(C)c(NC(=S)N[C@H](C)[C@H](c2cccs2)N2CCN(c3ccccc3F)CC2)c1. The van der Waals surface area contributed by atoms with Crippen molar-refractivity contribution in [3.05, 3.63) is 81.8 Å². The molecule has 0 unspecified atom stereocenters. The van der Waals surface area contributed by atoms with Crippen molar-refractivity contribution in [1.82, 2.24) is 10.2 Å². The highest BCUT2D eigenvalue weighted by Gasteiger charge is 2.31. The molecule has 0 aliphatic carbocycles. The highest BCUT2D eigenvalue weighted by atomic mass is 32.1. The third-order valence-electron chi connectivity index (χ3n) is 6.21. The van der Waals surface area contributed by atoms with Gasteiger partial charge in [-0.25, -0.2) is 4.39 Å². The van der Waals surface area contributed by atoms with E-state index >= 15 is 0 Å². The lowest BCUT2D eigenvalue weighted by atomic mass is 10.0. The van der Waals surface area contributed by atoms with Gasteiger partial charge in [0.25, 0.3) is 0 Å². The van der Waals surface area contributed by atoms with E-state index in [1.807, 2.05) is 12.1 Å². The molecule has 4 nitrogen and oxygen atoms in total. The maximum Gasteiger partial charge on any atom is 0.171 e. The van der Waals surface area contributed by atoms with E-state index in [0.29, 0.717) is 10.8 Å². The lowest BCUT2D eigenvalue weighted by Gasteiger charge is -2.42. The fraction of sp³-hybridized carbons (Fsp3) is 0.346. The van der Waals surface area contributed by atoms with Crippen molar-refractivity contribution in [3.8, 4) is 0 Å². The molecule has 2 N–H and O–H groups in total. The minimum absolute atomic E-state index is 0.105. The number of halogens is 1. The first-order valence-electron chi connectivity index (χ1n) is 11.3. The van der Waals surface area contributed by atoms with Gasteiger partial charge in [-0.15, -0.1) is 11.3 Å². The van der Waals surface area contributed by atoms with Gasteiger partial charge in [-0.2, -0.15) is 0 Å². The highest BCUT2D eigenvalue weighted by molar-refractivity contribution is 7.80. The largest absolute Gasteiger partial charge is 0.367 e. The zero-order valence-electron chi connectivity index (χ0n) is 19.3. The van der Waals surface area contributed by atoms with Crippen LogP contribution in [0.2, 0.25) is 0 Å². The molecular weight excluding hydrogens is 451 g/mol. The Labute approximate surface area is 205 Å². The molecule has 2 atom stereocenters. The first kappa shape index (κ1) is 23.7. The summed E-state index contributed by atoms with van der Waals surface area (Å²) in [6.45, 7) is 9.65. The van der Waals surface area contributed by atoms with E-state index in [9.17, 15) is 4.39 Å². The maximum absolute atomic E-state index is 14.3. The third-order valence-corrected chi connectivity index (χ3v) is 7.37. The fourth-order valence-electron chi connectivity index (χ4n) is 4.47. The summed E-state index contributed by atoms with van der Waals surface area (Å²) in [5, 5.41) is 9.65. The molecule has 2 heterocycles. The van der Waals surface area contributed by atoms with E-state index in [1.165, 1.54) is 16.5 Å². The smallest absolute Gasteiger partial charge is 0.171 e. The number of nitrogens with zero attached hydrogens (tertiary/aromatic N) is 2. The topological polar surface area (TPSA) is 30.5 Å². The molecule has 1 aromatic heterocycles. The minimum Gasteiger partial charge on any atom is -0.367 e. The average molecular weight is 483 g/mol. The van der Waals surface area contributed by atoms with Gasteiger partial charge >= 0.3 is 0 Å². The van der Waals surface area contributed by atoms with Gasteiger partial charge < -0.3 is 15.5 Å². The molecule has 7 heteroatoms. The van der Waals surface area contributed by atoms with Crippen molar-refractivity contribution in [2.24, 2.45) is 0 Å². The molecular formula is C26H31FN4S2. The molecule has 33 heavy (non-hydrogen) atoms. The highest BCUT2D eigenvalue weighted by Crippen LogP contribution is 2.31. The lowest BCUT2D eigenvalue weighted by Crippen LogP contribution is -2.52. The second-order valence-corrected chi connectivity index (χ2v) is 10.0. The molecule has 3 aromatic rings. The van der Waals surface area contributed by atoms with Gasteiger partial charge in [0.2, 0.25) is 0 Å². The van der Waals surface area contributed by atoms with E-state index in [4.69, 9.17) is 12.2 Å². The number of rotatable bonds is 6. The molecule has 0 amide bonds. The monoisotopic (exact) mass is 482 g/mol. The van der Waals surface area contributed by atoms with Gasteiger partial charge in [-0.3, -0.25) is 4.90 Å². The summed E-state index contributed by atoms with van der Waals surface area (Å²) in [7, 11) is 0. The molecule has 0 spiro atoms. The number of benzene rings is 2. The Bertz CT molecular complexity index is 1080. The number of thiocarbonyl (C=S) groups is 1. The normalized spacial score (nSPS) is 16.3. The van der Waals surface area contributed by atoms with Gasteiger partial charge in [-0.1, -0.05) is 30.3 Å². The Balaban J connectivity index is 1.44. The van der Waals surface area contributed by atoms with Crippen molar-refractivity contribution in [1.29, 1.82) is 0 Å². The molecule has 1 saturated heterocycles. The zero-order valence-corrected chi connectivity index (χ0v) is 21.0. The first-order valence-corrected chi connectivity index (χ1v) is 12.6. The summed E-state index contributed by atoms with van der Waals surface area (Å²) in [5.74, 6) is -0.154. The van der Waals surface area contributed by atoms with Crippen molar-refractivity contribution >= 4 is 40.0 Å². The first-order chi connectivity index (χ1) is 15.9. The molecule has 1 aliphatic rings. The second-order valence-electron chi connectivity index (χ2n) is 8.64. The van der Waals surface area contributed by atoms with E-state index in [2.05, 4.69) is 76.9 Å². The quantitative estimate of drug-likeness (QED) is 0.438. The number of hydrogen-bond donors (Lipinski definition) is 2. The van der Waals surface area contributed by atoms with Crippen LogP contribution in [-0.2, 0) is 0 Å². The van der Waals surface area contributed by atoms with Crippen LogP contribution in [0.1, 0.15) is 29.0 Å². The van der Waals surface area contributed by atoms with Gasteiger partial charge in [0.1, 0.15) is 5.82 Å². The number of piperazine rings is 1. The van der Waals surface area contributed by atoms with Crippen LogP contribution in [0.4, 0.5) is 15.8 Å². The van der Waals surface area contributed by atoms with Crippen LogP contribution in [0.25, 0.3) is 0 Å². The van der Waals surface area contributed by atoms with Gasteiger partial charge in [0.15, 0.2) is 5.11 Å². The lowest BCUT2D eigenvalue weighted by molar-refractivity contribution is 0.163. The minimum atomic E-state index is -0.154. The fourth-order valence-corrected chi connectivity index (χ4v) is 5.73. The van der Waals surface area contributed by atoms with E-state index in [-0.39, 0.29) is 17.9 Å². The molecule has 4 rings (SSSR count). The molecule has 0 radical (unpaired) electrons. The van der Waals surface area contributed by atoms with Crippen LogP contribution in [0.3, 0.4) is 0 Å². The summed E-state index contributed by atoms with van der Waals surface area (Å²) in [5.41, 5.74) is 4.08. The van der Waals surface area contributed by atoms with Gasteiger partial charge in [-0.05, 0) is 73.8 Å². The molecule has 2 aromatic carbocycles. The van der Waals surface area contributed by atoms with Crippen molar-refractivity contribution < 1.29 is 4.39 Å². The van der Waals surface area contributed by atoms with Crippen LogP contribution in [-0.4, -0.2) is 42.2 Å². The third kappa shape index (κ3) is 5.72. The summed E-state index contributed by atoms with van der Waals surface area (Å²) in [6, 6.07) is 17.9. The van der Waals surface area contributed by atoms with Crippen molar-refractivity contribution in [2.75, 3.05) is 36.4 Å². The van der Waals surface area contributed by atoms with E-state index < -0.39 is 0 Å². The Morgan fingerprint density at radius 1 is 1.03 bits per heavy atom. The van der Waals surface area contributed by atoms with E-state index in [1.54, 1.807) is 17.4 Å². The van der Waals surface area contributed by atoms with Crippen LogP contribution < -0.4 is 15.5 Å². The summed E-state index contributed by atoms with van der Waals surface area (Å²) in [6.07, 6.45) is 0. The summed E-state index contributed by atoms with van der Waals surface area (Å²) >= 11 is 7.44. The Morgan fingerprint density at radius 3 is 2.48 bits per heavy atom. The summed E-state index contributed by atoms with van der Waals surface area (Å²) < 4.78 is 14.3. The predicted octanol–water partition coefficient (Wildman–Crippen LogP) is 5.74. The molecule has 0 saturated carbocycles. The number of nitrogens with one attached hydrogen (secondary N) is 2. The average Bonchev–Trinajstić information content (AvgIpc) is 3.31. The molecule has 0 bridgehead atoms. The molecule has 1 fully saturated rings. The number of para-hydroxylation sites is 1. The molecule has 174 valence electrons. The van der Waals surface area contributed by atoms with Crippen LogP contribution in [0.15, 0.2) is 60.0 Å². The number of hydrogen-bond acceptors (Lipinski definition) is 4. The number of aryl methyl sites for hydroxylation is 2. The number of anilines is 2. The standard InChI is InChI=1S/C26H31FN4S2/c1-18-10-11-19(2)22(17-18)29-26(32)28-20(3)25(24-9-6-16-33-24)31-14-12-30(13-15-31)23-8-5-4-7-21(23)27/h4-11,16-17,20,25H,12-15H2,1-3H3,(H2,28,29,32)/t20-,25-/m1/s1. The zero-order chi connectivity index (χ0) is 23.4. The van der Waals surface area contributed by atoms with E-state index in [0.717, 1.165) is 37.4 Å². The van der Waals surface area contributed by atoms with Crippen molar-refractivity contribution in [3.63, 3.8) is 0 Å². The van der Waals surface area contributed by atoms with Crippen LogP contribution in [0, 0.1) is 19.7 Å². The molecule has 1 aliphatic heterocycles. The summed E-state index contributed by atoms with van der Waals surface area (Å²) in [4.78, 5) is 5.94. The maximum atomic E-state index is 14.3. The van der Waals surface area contributed by atoms with Crippen LogP contribution >= 0.6 is 23.6 Å². The Morgan fingerprint density at radius 2 is 1.79 bits per heavy atom. The predicted molar refractivity (Wildman–Crippen MR) is 142 cm³/mol. The van der Waals surface area contributed by atoms with Crippen molar-refractivity contribution in [2.45, 2.75) is 32.9 Å². The van der Waals surface area contributed by atoms with Gasteiger partial charge in [0.05, 0.1) is 11.7 Å². The Kier molecular flexibility index (Phi) is 7.63. The van der Waals surface area contributed by atoms with Gasteiger partial charge in [0, 0.05) is 42.8 Å². The second kappa shape index (κ2) is 10.6. The van der Waals surface area contributed by atoms with Crippen LogP contribution in [0.5, 0.6) is 0 Å².